The number of nitrogens with one attached hydrogen (secondary N) is 1. The molecule has 1 aromatic heterocycles. The van der Waals surface area contributed by atoms with Gasteiger partial charge in [-0.1, -0.05) is 0 Å². The number of imide groups is 1. The Kier molecular flexibility index (Phi) is 4.88. The highest BCUT2D eigenvalue weighted by Gasteiger charge is 2.35. The number of aldehydes is 1. The molecule has 10 heteroatoms. The van der Waals surface area contributed by atoms with E-state index in [0.29, 0.717) is 29.6 Å². The maximum absolute atomic E-state index is 12.4. The Morgan fingerprint density at radius 2 is 2.36 bits per heavy atom. The van der Waals surface area contributed by atoms with Crippen LogP contribution in [0.1, 0.15) is 10.5 Å². The van der Waals surface area contributed by atoms with E-state index in [1.54, 1.807) is 13.1 Å². The normalized spacial score (nSPS) is 19.7. The van der Waals surface area contributed by atoms with E-state index in [9.17, 15) is 14.4 Å². The number of carbonyl (C=O) groups is 3. The van der Waals surface area contributed by atoms with Crippen molar-refractivity contribution >= 4 is 40.7 Å². The summed E-state index contributed by atoms with van der Waals surface area (Å²) in [6.07, 6.45) is 2.04. The SMILES string of the molecule is COC1=CC(=O)N(C(=O)[C@H]2CSC(CNc3cc(C=O)n(C)n3)=N2)C1. The van der Waals surface area contributed by atoms with Crippen molar-refractivity contribution in [3.8, 4) is 0 Å². The maximum Gasteiger partial charge on any atom is 0.257 e. The van der Waals surface area contributed by atoms with Crippen molar-refractivity contribution < 1.29 is 19.1 Å². The lowest BCUT2D eigenvalue weighted by Gasteiger charge is -2.16. The van der Waals surface area contributed by atoms with Crippen molar-refractivity contribution in [2.75, 3.05) is 31.3 Å². The first-order valence-electron chi connectivity index (χ1n) is 7.54. The van der Waals surface area contributed by atoms with Gasteiger partial charge < -0.3 is 10.1 Å². The van der Waals surface area contributed by atoms with Crippen molar-refractivity contribution in [1.82, 2.24) is 14.7 Å². The first kappa shape index (κ1) is 17.2. The largest absolute Gasteiger partial charge is 0.499 e. The van der Waals surface area contributed by atoms with Gasteiger partial charge in [-0.15, -0.1) is 11.8 Å². The molecule has 1 aromatic rings. The Hall–Kier alpha value is -2.62. The molecule has 0 saturated carbocycles. The molecule has 0 bridgehead atoms. The fraction of sp³-hybridized carbons (Fsp3) is 0.400. The van der Waals surface area contributed by atoms with Gasteiger partial charge in [0, 0.05) is 24.9 Å². The Balaban J connectivity index is 1.58. The predicted octanol–water partition coefficient (Wildman–Crippen LogP) is 0.0575. The van der Waals surface area contributed by atoms with Gasteiger partial charge in [0.2, 0.25) is 0 Å². The number of aryl methyl sites for hydroxylation is 1. The predicted molar refractivity (Wildman–Crippen MR) is 92.6 cm³/mol. The number of thioether (sulfide) groups is 1. The van der Waals surface area contributed by atoms with Gasteiger partial charge in [0.15, 0.2) is 6.29 Å². The standard InChI is InChI=1S/C15H17N5O4S/c1-19-9(7-21)3-12(18-19)16-5-13-17-11(8-25-13)15(23)20-6-10(24-2)4-14(20)22/h3-4,7,11H,5-6,8H2,1-2H3,(H,16,18)/t11-/m1/s1. The van der Waals surface area contributed by atoms with Gasteiger partial charge in [-0.05, 0) is 0 Å². The van der Waals surface area contributed by atoms with Crippen LogP contribution in [-0.2, 0) is 21.4 Å². The topological polar surface area (TPSA) is 106 Å². The Morgan fingerprint density at radius 3 is 3.00 bits per heavy atom. The highest BCUT2D eigenvalue weighted by atomic mass is 32.2. The summed E-state index contributed by atoms with van der Waals surface area (Å²) >= 11 is 1.46. The summed E-state index contributed by atoms with van der Waals surface area (Å²) in [4.78, 5) is 40.6. The van der Waals surface area contributed by atoms with Crippen molar-refractivity contribution in [2.45, 2.75) is 6.04 Å². The minimum atomic E-state index is -0.579. The molecule has 1 N–H and O–H groups in total. The summed E-state index contributed by atoms with van der Waals surface area (Å²) in [6, 6.07) is 1.06. The molecular weight excluding hydrogens is 346 g/mol. The summed E-state index contributed by atoms with van der Waals surface area (Å²) in [6.45, 7) is 0.556. The smallest absolute Gasteiger partial charge is 0.257 e. The number of aliphatic imine (C=N–C) groups is 1. The average Bonchev–Trinajstić information content (AvgIpc) is 3.30. The van der Waals surface area contributed by atoms with Crippen molar-refractivity contribution in [2.24, 2.45) is 12.0 Å². The third-order valence-electron chi connectivity index (χ3n) is 3.84. The number of rotatable bonds is 6. The summed E-state index contributed by atoms with van der Waals surface area (Å²) < 4.78 is 6.49. The van der Waals surface area contributed by atoms with Crippen LogP contribution in [0.5, 0.6) is 0 Å². The second-order valence-electron chi connectivity index (χ2n) is 5.48. The van der Waals surface area contributed by atoms with Gasteiger partial charge in [0.25, 0.3) is 11.8 Å². The summed E-state index contributed by atoms with van der Waals surface area (Å²) in [7, 11) is 3.15. The zero-order valence-corrected chi connectivity index (χ0v) is 14.6. The van der Waals surface area contributed by atoms with Crippen molar-refractivity contribution in [1.29, 1.82) is 0 Å². The lowest BCUT2D eigenvalue weighted by Crippen LogP contribution is -2.40. The Morgan fingerprint density at radius 1 is 1.56 bits per heavy atom. The van der Waals surface area contributed by atoms with Crippen LogP contribution in [-0.4, -0.2) is 69.8 Å². The molecule has 25 heavy (non-hydrogen) atoms. The molecule has 2 amide bonds. The van der Waals surface area contributed by atoms with Gasteiger partial charge in [0.1, 0.15) is 23.3 Å². The van der Waals surface area contributed by atoms with E-state index in [0.717, 1.165) is 16.2 Å². The fourth-order valence-electron chi connectivity index (χ4n) is 2.48. The molecule has 0 aliphatic carbocycles. The van der Waals surface area contributed by atoms with E-state index in [2.05, 4.69) is 15.4 Å². The molecule has 3 rings (SSSR count). The van der Waals surface area contributed by atoms with Crippen molar-refractivity contribution in [3.05, 3.63) is 23.6 Å². The van der Waals surface area contributed by atoms with Crippen LogP contribution in [0.15, 0.2) is 22.9 Å². The minimum absolute atomic E-state index is 0.154. The van der Waals surface area contributed by atoms with Crippen LogP contribution in [0.2, 0.25) is 0 Å². The maximum atomic E-state index is 12.4. The molecule has 132 valence electrons. The molecule has 3 heterocycles. The van der Waals surface area contributed by atoms with Gasteiger partial charge in [0.05, 0.1) is 25.2 Å². The van der Waals surface area contributed by atoms with E-state index < -0.39 is 6.04 Å². The third kappa shape index (κ3) is 3.58. The van der Waals surface area contributed by atoms with Crippen LogP contribution in [0.25, 0.3) is 0 Å². The molecule has 1 atom stereocenters. The number of anilines is 1. The molecule has 0 aromatic carbocycles. The van der Waals surface area contributed by atoms with Crippen LogP contribution in [0.4, 0.5) is 5.82 Å². The molecule has 9 nitrogen and oxygen atoms in total. The van der Waals surface area contributed by atoms with Gasteiger partial charge in [-0.3, -0.25) is 29.0 Å². The average molecular weight is 363 g/mol. The molecule has 0 unspecified atom stereocenters. The third-order valence-corrected chi connectivity index (χ3v) is 4.91. The van der Waals surface area contributed by atoms with E-state index >= 15 is 0 Å². The van der Waals surface area contributed by atoms with Crippen LogP contribution < -0.4 is 5.32 Å². The molecule has 2 aliphatic heterocycles. The Bertz CT molecular complexity index is 785. The molecule has 0 fully saturated rings. The number of aromatic nitrogens is 2. The Labute approximate surface area is 148 Å². The number of carbonyl (C=O) groups excluding carboxylic acids is 3. The first-order chi connectivity index (χ1) is 12.0. The molecule has 0 saturated heterocycles. The quantitative estimate of drug-likeness (QED) is 0.562. The summed E-state index contributed by atoms with van der Waals surface area (Å²) in [5.74, 6) is 0.826. The summed E-state index contributed by atoms with van der Waals surface area (Å²) in [5.41, 5.74) is 0.463. The van der Waals surface area contributed by atoms with E-state index in [-0.39, 0.29) is 18.4 Å². The van der Waals surface area contributed by atoms with E-state index in [1.807, 2.05) is 0 Å². The highest BCUT2D eigenvalue weighted by Crippen LogP contribution is 2.22. The second-order valence-corrected chi connectivity index (χ2v) is 6.57. The number of hydrogen-bond acceptors (Lipinski definition) is 8. The fourth-order valence-corrected chi connectivity index (χ4v) is 3.42. The van der Waals surface area contributed by atoms with Gasteiger partial charge >= 0.3 is 0 Å². The van der Waals surface area contributed by atoms with Crippen LogP contribution in [0, 0.1) is 0 Å². The van der Waals surface area contributed by atoms with Crippen molar-refractivity contribution in [3.63, 3.8) is 0 Å². The van der Waals surface area contributed by atoms with Crippen LogP contribution >= 0.6 is 11.8 Å². The van der Waals surface area contributed by atoms with E-state index in [1.165, 1.54) is 29.6 Å². The number of hydrogen-bond donors (Lipinski definition) is 1. The minimum Gasteiger partial charge on any atom is -0.499 e. The highest BCUT2D eigenvalue weighted by molar-refractivity contribution is 8.14. The van der Waals surface area contributed by atoms with Crippen LogP contribution in [0.3, 0.4) is 0 Å². The zero-order chi connectivity index (χ0) is 18.0. The summed E-state index contributed by atoms with van der Waals surface area (Å²) in [5, 5.41) is 7.98. The van der Waals surface area contributed by atoms with E-state index in [4.69, 9.17) is 4.74 Å². The molecule has 0 radical (unpaired) electrons. The molecule has 2 aliphatic rings. The van der Waals surface area contributed by atoms with Gasteiger partial charge in [-0.25, -0.2) is 0 Å². The number of methoxy groups -OCH3 is 1. The number of ether oxygens (including phenoxy) is 1. The van der Waals surface area contributed by atoms with Gasteiger partial charge in [-0.2, -0.15) is 5.10 Å². The lowest BCUT2D eigenvalue weighted by atomic mass is 10.3. The zero-order valence-electron chi connectivity index (χ0n) is 13.8. The molecular formula is C15H17N5O4S. The first-order valence-corrected chi connectivity index (χ1v) is 8.53. The molecule has 0 spiro atoms. The number of nitrogens with zero attached hydrogens (tertiary/aromatic N) is 4. The lowest BCUT2D eigenvalue weighted by molar-refractivity contribution is -0.141. The second kappa shape index (κ2) is 7.09. The monoisotopic (exact) mass is 363 g/mol. The number of amides is 2.